The summed E-state index contributed by atoms with van der Waals surface area (Å²) in [7, 11) is -0.303. The van der Waals surface area contributed by atoms with Crippen LogP contribution in [0.25, 0.3) is 0 Å². The zero-order valence-electron chi connectivity index (χ0n) is 32.4. The van der Waals surface area contributed by atoms with E-state index in [1.54, 1.807) is 12.7 Å². The van der Waals surface area contributed by atoms with E-state index in [4.69, 9.17) is 18.6 Å². The number of fused-ring (bicyclic) bond motifs is 1. The van der Waals surface area contributed by atoms with E-state index in [0.717, 1.165) is 48.3 Å². The van der Waals surface area contributed by atoms with Crippen LogP contribution in [0.3, 0.4) is 0 Å². The first-order chi connectivity index (χ1) is 25.1. The highest BCUT2D eigenvalue weighted by Crippen LogP contribution is 2.52. The van der Waals surface area contributed by atoms with Crippen LogP contribution in [0.2, 0.25) is 18.1 Å². The molecular weight excluding hydrogens is 657 g/mol. The number of rotatable bonds is 17. The summed E-state index contributed by atoms with van der Waals surface area (Å²) in [5, 5.41) is 0.150. The second-order valence-corrected chi connectivity index (χ2v) is 21.2. The first kappa shape index (κ1) is 38.2. The standard InChI is InChI=1S/C47H60O4Si/c1-46(2,3)52(5,6)51-45-33-38-31-37(19-11-10-18-30-49-34-36-26-28-42(48-4)29-27-36)32-43(38)44(45)35-50-47(39-20-12-7-13-21-39,40-22-14-8-15-23-40)41-24-16-9-17-25-41/h7-9,12-17,20-29,31,38,43-45H,10-11,18-19,30,32-35H2,1-6H3/t38-,43-,44+,45+/m0/s1. The van der Waals surface area contributed by atoms with Gasteiger partial charge in [0.2, 0.25) is 0 Å². The van der Waals surface area contributed by atoms with Crippen molar-refractivity contribution >= 4 is 8.32 Å². The molecule has 0 amide bonds. The lowest BCUT2D eigenvalue weighted by atomic mass is 9.79. The molecule has 0 radical (unpaired) electrons. The van der Waals surface area contributed by atoms with Gasteiger partial charge in [0.1, 0.15) is 11.4 Å². The molecule has 52 heavy (non-hydrogen) atoms. The molecule has 0 unspecified atom stereocenters. The summed E-state index contributed by atoms with van der Waals surface area (Å²) in [5.74, 6) is 2.28. The summed E-state index contributed by atoms with van der Waals surface area (Å²) in [6.07, 6.45) is 9.73. The van der Waals surface area contributed by atoms with Gasteiger partial charge < -0.3 is 18.6 Å². The van der Waals surface area contributed by atoms with E-state index in [2.05, 4.69) is 143 Å². The van der Waals surface area contributed by atoms with Crippen molar-refractivity contribution in [3.63, 3.8) is 0 Å². The van der Waals surface area contributed by atoms with E-state index >= 15 is 0 Å². The second kappa shape index (κ2) is 17.1. The normalized spacial score (nSPS) is 20.5. The summed E-state index contributed by atoms with van der Waals surface area (Å²) in [6, 6.07) is 40.6. The molecule has 4 atom stereocenters. The topological polar surface area (TPSA) is 36.9 Å². The lowest BCUT2D eigenvalue weighted by Crippen LogP contribution is -2.46. The third kappa shape index (κ3) is 8.82. The van der Waals surface area contributed by atoms with Crippen LogP contribution in [-0.2, 0) is 26.1 Å². The predicted molar refractivity (Wildman–Crippen MR) is 216 cm³/mol. The highest BCUT2D eigenvalue weighted by Gasteiger charge is 2.50. The number of unbranched alkanes of at least 4 members (excludes halogenated alkanes) is 2. The molecule has 0 saturated heterocycles. The molecule has 4 nitrogen and oxygen atoms in total. The van der Waals surface area contributed by atoms with E-state index in [-0.39, 0.29) is 11.1 Å². The molecule has 0 spiro atoms. The lowest BCUT2D eigenvalue weighted by molar-refractivity contribution is -0.0370. The van der Waals surface area contributed by atoms with Gasteiger partial charge in [-0.05, 0) is 96.5 Å². The van der Waals surface area contributed by atoms with Gasteiger partial charge in [-0.1, -0.05) is 142 Å². The number of benzene rings is 4. The maximum Gasteiger partial charge on any atom is 0.192 e. The van der Waals surface area contributed by atoms with Crippen molar-refractivity contribution in [1.82, 2.24) is 0 Å². The minimum atomic E-state index is -2.00. The predicted octanol–water partition coefficient (Wildman–Crippen LogP) is 11.8. The smallest absolute Gasteiger partial charge is 0.192 e. The van der Waals surface area contributed by atoms with Crippen molar-refractivity contribution in [3.8, 4) is 5.75 Å². The Kier molecular flexibility index (Phi) is 12.6. The molecule has 2 aliphatic rings. The molecule has 1 saturated carbocycles. The molecule has 5 heteroatoms. The van der Waals surface area contributed by atoms with Crippen LogP contribution in [0.1, 0.15) is 81.5 Å². The number of hydrogen-bond donors (Lipinski definition) is 0. The van der Waals surface area contributed by atoms with Crippen LogP contribution in [0.15, 0.2) is 127 Å². The number of methoxy groups -OCH3 is 1. The maximum atomic E-state index is 7.52. The van der Waals surface area contributed by atoms with E-state index in [0.29, 0.717) is 31.0 Å². The Balaban J connectivity index is 1.15. The van der Waals surface area contributed by atoms with E-state index in [1.807, 2.05) is 12.1 Å². The molecule has 1 fully saturated rings. The number of allylic oxidation sites excluding steroid dienone is 2. The highest BCUT2D eigenvalue weighted by molar-refractivity contribution is 6.74. The monoisotopic (exact) mass is 716 g/mol. The highest BCUT2D eigenvalue weighted by atomic mass is 28.4. The van der Waals surface area contributed by atoms with Crippen molar-refractivity contribution in [2.24, 2.45) is 17.8 Å². The van der Waals surface area contributed by atoms with E-state index in [1.165, 1.54) is 24.8 Å². The van der Waals surface area contributed by atoms with Crippen LogP contribution in [0.5, 0.6) is 5.75 Å². The summed E-state index contributed by atoms with van der Waals surface area (Å²) >= 11 is 0. The molecule has 0 aromatic heterocycles. The average molecular weight is 717 g/mol. The third-order valence-corrected chi connectivity index (χ3v) is 16.5. The fourth-order valence-corrected chi connectivity index (χ4v) is 9.50. The van der Waals surface area contributed by atoms with Crippen molar-refractivity contribution in [2.45, 2.75) is 95.7 Å². The van der Waals surface area contributed by atoms with Crippen molar-refractivity contribution < 1.29 is 18.6 Å². The summed E-state index contributed by atoms with van der Waals surface area (Å²) in [6.45, 7) is 14.0. The van der Waals surface area contributed by atoms with Crippen LogP contribution >= 0.6 is 0 Å². The first-order valence-electron chi connectivity index (χ1n) is 19.5. The Labute approximate surface area is 314 Å². The van der Waals surface area contributed by atoms with Crippen LogP contribution in [-0.4, -0.2) is 34.7 Å². The van der Waals surface area contributed by atoms with Crippen molar-refractivity contribution in [1.29, 1.82) is 0 Å². The van der Waals surface area contributed by atoms with Gasteiger partial charge in [0, 0.05) is 12.5 Å². The van der Waals surface area contributed by atoms with Crippen molar-refractivity contribution in [3.05, 3.63) is 149 Å². The lowest BCUT2D eigenvalue weighted by Gasteiger charge is -2.42. The first-order valence-corrected chi connectivity index (χ1v) is 22.4. The molecule has 0 heterocycles. The largest absolute Gasteiger partial charge is 0.497 e. The Hall–Kier alpha value is -3.48. The van der Waals surface area contributed by atoms with Gasteiger partial charge >= 0.3 is 0 Å². The van der Waals surface area contributed by atoms with Gasteiger partial charge in [0.05, 0.1) is 26.4 Å². The molecule has 2 aliphatic carbocycles. The maximum absolute atomic E-state index is 7.52. The fraction of sp³-hybridized carbons (Fsp3) is 0.447. The minimum Gasteiger partial charge on any atom is -0.497 e. The molecule has 0 N–H and O–H groups in total. The Bertz CT molecular complexity index is 1600. The van der Waals surface area contributed by atoms with Gasteiger partial charge in [-0.2, -0.15) is 0 Å². The van der Waals surface area contributed by atoms with Gasteiger partial charge in [0.25, 0.3) is 0 Å². The molecule has 276 valence electrons. The quantitative estimate of drug-likeness (QED) is 0.0472. The van der Waals surface area contributed by atoms with Crippen LogP contribution in [0.4, 0.5) is 0 Å². The minimum absolute atomic E-state index is 0.150. The Morgan fingerprint density at radius 1 is 0.712 bits per heavy atom. The zero-order valence-corrected chi connectivity index (χ0v) is 33.4. The van der Waals surface area contributed by atoms with Crippen molar-refractivity contribution in [2.75, 3.05) is 20.3 Å². The Morgan fingerprint density at radius 3 is 1.83 bits per heavy atom. The average Bonchev–Trinajstić information content (AvgIpc) is 3.69. The third-order valence-electron chi connectivity index (χ3n) is 12.0. The summed E-state index contributed by atoms with van der Waals surface area (Å²) in [4.78, 5) is 0. The molecule has 4 aromatic carbocycles. The summed E-state index contributed by atoms with van der Waals surface area (Å²) < 4.78 is 26.1. The Morgan fingerprint density at radius 2 is 1.29 bits per heavy atom. The molecule has 4 aromatic rings. The van der Waals surface area contributed by atoms with Gasteiger partial charge in [-0.25, -0.2) is 0 Å². The van der Waals surface area contributed by atoms with Crippen LogP contribution < -0.4 is 4.74 Å². The molecule has 6 rings (SSSR count). The van der Waals surface area contributed by atoms with Gasteiger partial charge in [-0.3, -0.25) is 0 Å². The summed E-state index contributed by atoms with van der Waals surface area (Å²) in [5.41, 5.74) is 5.55. The number of hydrogen-bond acceptors (Lipinski definition) is 4. The van der Waals surface area contributed by atoms with Crippen LogP contribution in [0, 0.1) is 17.8 Å². The van der Waals surface area contributed by atoms with Gasteiger partial charge in [-0.15, -0.1) is 0 Å². The molecular formula is C47H60O4Si. The van der Waals surface area contributed by atoms with E-state index in [9.17, 15) is 0 Å². The van der Waals surface area contributed by atoms with E-state index < -0.39 is 13.9 Å². The fourth-order valence-electron chi connectivity index (χ4n) is 8.12. The molecule has 0 aliphatic heterocycles. The van der Waals surface area contributed by atoms with Gasteiger partial charge in [0.15, 0.2) is 8.32 Å². The number of ether oxygens (including phenoxy) is 3. The molecule has 0 bridgehead atoms. The zero-order chi connectivity index (χ0) is 36.6. The second-order valence-electron chi connectivity index (χ2n) is 16.5. The SMILES string of the molecule is COc1ccc(COCCCCCC2=C[C@H]3C[C@@H](O[Si](C)(C)C(C)(C)C)[C@H](COC(c4ccccc4)(c4ccccc4)c4ccccc4)[C@H]3C2)cc1.